The third-order valence-electron chi connectivity index (χ3n) is 2.78. The summed E-state index contributed by atoms with van der Waals surface area (Å²) >= 11 is 0. The zero-order chi connectivity index (χ0) is 15.7. The highest BCUT2D eigenvalue weighted by Gasteiger charge is 2.37. The Bertz CT molecular complexity index is 517. The molecule has 20 heavy (non-hydrogen) atoms. The number of halogens is 3. The van der Waals surface area contributed by atoms with Crippen LogP contribution in [0.2, 0.25) is 0 Å². The molecule has 0 aliphatic heterocycles. The van der Waals surface area contributed by atoms with Crippen molar-refractivity contribution in [3.8, 4) is 0 Å². The molecule has 0 spiro atoms. The number of carboxylic acids is 1. The first-order valence-corrected chi connectivity index (χ1v) is 5.53. The molecule has 5 nitrogen and oxygen atoms in total. The highest BCUT2D eigenvalue weighted by atomic mass is 19.4. The largest absolute Gasteiger partial charge is 0.488 e. The molecular formula is C11H13BF3NO4. The average Bonchev–Trinajstić information content (AvgIpc) is 2.26. The minimum Gasteiger partial charge on any atom is -0.480 e. The van der Waals surface area contributed by atoms with Crippen LogP contribution in [0.3, 0.4) is 0 Å². The van der Waals surface area contributed by atoms with Crippen LogP contribution in [0.25, 0.3) is 0 Å². The van der Waals surface area contributed by atoms with E-state index >= 15 is 0 Å². The van der Waals surface area contributed by atoms with E-state index in [0.29, 0.717) is 6.07 Å². The summed E-state index contributed by atoms with van der Waals surface area (Å²) in [6, 6.07) is 2.64. The number of benzene rings is 1. The van der Waals surface area contributed by atoms with E-state index < -0.39 is 36.8 Å². The van der Waals surface area contributed by atoms with Crippen LogP contribution in [0.4, 0.5) is 13.2 Å². The molecule has 1 rings (SSSR count). The molecule has 0 bridgehead atoms. The Labute approximate surface area is 113 Å². The Hall–Kier alpha value is -1.58. The van der Waals surface area contributed by atoms with E-state index in [1.807, 2.05) is 0 Å². The van der Waals surface area contributed by atoms with Crippen molar-refractivity contribution in [2.75, 3.05) is 0 Å². The molecule has 110 valence electrons. The molecular weight excluding hydrogens is 278 g/mol. The van der Waals surface area contributed by atoms with Gasteiger partial charge in [0.1, 0.15) is 5.54 Å². The molecule has 0 aliphatic rings. The summed E-state index contributed by atoms with van der Waals surface area (Å²) in [5.41, 5.74) is 1.77. The fourth-order valence-corrected chi connectivity index (χ4v) is 1.64. The molecule has 0 radical (unpaired) electrons. The molecule has 0 aromatic heterocycles. The molecule has 1 atom stereocenters. The van der Waals surface area contributed by atoms with Gasteiger partial charge in [0.15, 0.2) is 0 Å². The number of aliphatic carboxylic acids is 1. The van der Waals surface area contributed by atoms with Crippen LogP contribution < -0.4 is 11.2 Å². The second-order valence-electron chi connectivity index (χ2n) is 4.69. The van der Waals surface area contributed by atoms with Gasteiger partial charge in [0.05, 0.1) is 5.56 Å². The Kier molecular flexibility index (Phi) is 4.47. The van der Waals surface area contributed by atoms with Crippen molar-refractivity contribution in [2.45, 2.75) is 25.1 Å². The van der Waals surface area contributed by atoms with Gasteiger partial charge in [0.2, 0.25) is 0 Å². The molecule has 1 aromatic carbocycles. The Morgan fingerprint density at radius 3 is 2.30 bits per heavy atom. The minimum atomic E-state index is -4.76. The number of nitrogens with two attached hydrogens (primary N) is 1. The first kappa shape index (κ1) is 16.5. The summed E-state index contributed by atoms with van der Waals surface area (Å²) in [5.74, 6) is -1.43. The SMILES string of the molecule is CC(N)(Cc1ccc(B(O)O)cc1C(F)(F)F)C(=O)O. The molecule has 0 saturated heterocycles. The summed E-state index contributed by atoms with van der Waals surface area (Å²) in [6.45, 7) is 1.10. The van der Waals surface area contributed by atoms with Crippen molar-refractivity contribution in [3.05, 3.63) is 29.3 Å². The zero-order valence-corrected chi connectivity index (χ0v) is 10.5. The maximum Gasteiger partial charge on any atom is 0.488 e. The lowest BCUT2D eigenvalue weighted by atomic mass is 9.78. The van der Waals surface area contributed by atoms with Gasteiger partial charge in [-0.05, 0) is 24.0 Å². The predicted octanol–water partition coefficient (Wildman–Crippen LogP) is -0.270. The second kappa shape index (κ2) is 5.43. The molecule has 0 saturated carbocycles. The van der Waals surface area contributed by atoms with Crippen LogP contribution in [-0.4, -0.2) is 33.8 Å². The van der Waals surface area contributed by atoms with Crippen LogP contribution in [0, 0.1) is 0 Å². The topological polar surface area (TPSA) is 104 Å². The summed E-state index contributed by atoms with van der Waals surface area (Å²) in [7, 11) is -2.05. The molecule has 0 heterocycles. The molecule has 9 heteroatoms. The highest BCUT2D eigenvalue weighted by Crippen LogP contribution is 2.32. The van der Waals surface area contributed by atoms with E-state index in [0.717, 1.165) is 19.1 Å². The van der Waals surface area contributed by atoms with Gasteiger partial charge in [-0.15, -0.1) is 0 Å². The maximum atomic E-state index is 12.9. The number of carbonyl (C=O) groups is 1. The van der Waals surface area contributed by atoms with Gasteiger partial charge >= 0.3 is 19.3 Å². The lowest BCUT2D eigenvalue weighted by Gasteiger charge is -2.22. The fraction of sp³-hybridized carbons (Fsp3) is 0.364. The van der Waals surface area contributed by atoms with Gasteiger partial charge in [0, 0.05) is 6.42 Å². The lowest BCUT2D eigenvalue weighted by Crippen LogP contribution is -2.47. The minimum absolute atomic E-state index is 0.325. The molecule has 0 aliphatic carbocycles. The normalized spacial score (nSPS) is 14.8. The second-order valence-corrected chi connectivity index (χ2v) is 4.69. The van der Waals surface area contributed by atoms with E-state index in [4.69, 9.17) is 20.9 Å². The van der Waals surface area contributed by atoms with Crippen molar-refractivity contribution in [3.63, 3.8) is 0 Å². The summed E-state index contributed by atoms with van der Waals surface area (Å²) in [6.07, 6.45) is -5.30. The van der Waals surface area contributed by atoms with Crippen molar-refractivity contribution in [2.24, 2.45) is 5.73 Å². The number of alkyl halides is 3. The monoisotopic (exact) mass is 291 g/mol. The Balaban J connectivity index is 3.30. The molecule has 0 fully saturated rings. The molecule has 1 unspecified atom stereocenters. The van der Waals surface area contributed by atoms with Gasteiger partial charge < -0.3 is 20.9 Å². The van der Waals surface area contributed by atoms with Crippen molar-refractivity contribution in [1.29, 1.82) is 0 Å². The number of rotatable bonds is 4. The first-order chi connectivity index (χ1) is 8.95. The quantitative estimate of drug-likeness (QED) is 0.572. The zero-order valence-electron chi connectivity index (χ0n) is 10.5. The average molecular weight is 291 g/mol. The standard InChI is InChI=1S/C11H13BF3NO4/c1-10(16,9(17)18)5-6-2-3-7(12(19)20)4-8(6)11(13,14)15/h2-4,19-20H,5,16H2,1H3,(H,17,18). The Morgan fingerprint density at radius 1 is 1.35 bits per heavy atom. The Morgan fingerprint density at radius 2 is 1.90 bits per heavy atom. The van der Waals surface area contributed by atoms with E-state index in [-0.39, 0.29) is 11.0 Å². The lowest BCUT2D eigenvalue weighted by molar-refractivity contribution is -0.144. The number of carboxylic acid groups (broad SMARTS) is 1. The van der Waals surface area contributed by atoms with E-state index in [1.54, 1.807) is 0 Å². The van der Waals surface area contributed by atoms with Gasteiger partial charge in [-0.1, -0.05) is 12.1 Å². The van der Waals surface area contributed by atoms with Crippen LogP contribution in [-0.2, 0) is 17.4 Å². The molecule has 1 aromatic rings. The van der Waals surface area contributed by atoms with Gasteiger partial charge in [-0.3, -0.25) is 4.79 Å². The van der Waals surface area contributed by atoms with Crippen LogP contribution in [0.1, 0.15) is 18.1 Å². The van der Waals surface area contributed by atoms with Crippen LogP contribution >= 0.6 is 0 Å². The maximum absolute atomic E-state index is 12.9. The number of hydrogen-bond acceptors (Lipinski definition) is 4. The van der Waals surface area contributed by atoms with Gasteiger partial charge in [-0.25, -0.2) is 0 Å². The summed E-state index contributed by atoms with van der Waals surface area (Å²) in [4.78, 5) is 10.9. The third kappa shape index (κ3) is 3.72. The fourth-order valence-electron chi connectivity index (χ4n) is 1.64. The van der Waals surface area contributed by atoms with Gasteiger partial charge in [0.25, 0.3) is 0 Å². The van der Waals surface area contributed by atoms with E-state index in [1.165, 1.54) is 0 Å². The summed E-state index contributed by atoms with van der Waals surface area (Å²) in [5, 5.41) is 26.6. The van der Waals surface area contributed by atoms with Crippen LogP contribution in [0.15, 0.2) is 18.2 Å². The van der Waals surface area contributed by atoms with E-state index in [9.17, 15) is 18.0 Å². The highest BCUT2D eigenvalue weighted by molar-refractivity contribution is 6.58. The van der Waals surface area contributed by atoms with Crippen LogP contribution in [0.5, 0.6) is 0 Å². The van der Waals surface area contributed by atoms with Gasteiger partial charge in [-0.2, -0.15) is 13.2 Å². The van der Waals surface area contributed by atoms with Crippen molar-refractivity contribution >= 4 is 18.6 Å². The third-order valence-corrected chi connectivity index (χ3v) is 2.78. The predicted molar refractivity (Wildman–Crippen MR) is 65.2 cm³/mol. The van der Waals surface area contributed by atoms with Crippen molar-refractivity contribution < 1.29 is 33.1 Å². The number of hydrogen-bond donors (Lipinski definition) is 4. The van der Waals surface area contributed by atoms with Crippen molar-refractivity contribution in [1.82, 2.24) is 0 Å². The molecule has 0 amide bonds. The van der Waals surface area contributed by atoms with E-state index in [2.05, 4.69) is 0 Å². The first-order valence-electron chi connectivity index (χ1n) is 5.53. The summed E-state index contributed by atoms with van der Waals surface area (Å²) < 4.78 is 38.7. The molecule has 5 N–H and O–H groups in total. The smallest absolute Gasteiger partial charge is 0.480 e.